The number of nitrogens with zero attached hydrogens (tertiary/aromatic N) is 1. The van der Waals surface area contributed by atoms with E-state index in [2.05, 4.69) is 13.8 Å². The Kier molecular flexibility index (Phi) is 5.20. The van der Waals surface area contributed by atoms with Gasteiger partial charge in [0.2, 0.25) is 15.9 Å². The molecule has 2 rings (SSSR count). The first kappa shape index (κ1) is 16.9. The summed E-state index contributed by atoms with van der Waals surface area (Å²) in [4.78, 5) is 11.6. The van der Waals surface area contributed by atoms with Crippen molar-refractivity contribution in [1.29, 1.82) is 0 Å². The van der Waals surface area contributed by atoms with Gasteiger partial charge in [0.05, 0.1) is 18.1 Å². The van der Waals surface area contributed by atoms with Crippen LogP contribution in [0, 0.1) is 0 Å². The zero-order valence-electron chi connectivity index (χ0n) is 12.9. The third kappa shape index (κ3) is 3.31. The second-order valence-electron chi connectivity index (χ2n) is 5.49. The molecule has 0 bridgehead atoms. The van der Waals surface area contributed by atoms with Gasteiger partial charge >= 0.3 is 0 Å². The highest BCUT2D eigenvalue weighted by Gasteiger charge is 2.37. The normalized spacial score (nSPS) is 21.5. The highest BCUT2D eigenvalue weighted by molar-refractivity contribution is 7.89. The fourth-order valence-electron chi connectivity index (χ4n) is 2.44. The van der Waals surface area contributed by atoms with Crippen molar-refractivity contribution in [1.82, 2.24) is 4.31 Å². The number of sulfonamides is 1. The van der Waals surface area contributed by atoms with E-state index in [0.717, 1.165) is 16.3 Å². The summed E-state index contributed by atoms with van der Waals surface area (Å²) in [6.07, 6.45) is 0.985. The summed E-state index contributed by atoms with van der Waals surface area (Å²) in [5.41, 5.74) is 6.38. The van der Waals surface area contributed by atoms with Gasteiger partial charge in [0.1, 0.15) is 6.04 Å². The minimum Gasteiger partial charge on any atom is -0.378 e. The number of amides is 1. The first-order valence-corrected chi connectivity index (χ1v) is 8.80. The van der Waals surface area contributed by atoms with Crippen molar-refractivity contribution in [3.63, 3.8) is 0 Å². The van der Waals surface area contributed by atoms with Crippen molar-refractivity contribution in [2.45, 2.75) is 37.1 Å². The van der Waals surface area contributed by atoms with Gasteiger partial charge in [-0.2, -0.15) is 4.31 Å². The average Bonchev–Trinajstić information content (AvgIpc) is 2.54. The van der Waals surface area contributed by atoms with Crippen molar-refractivity contribution in [3.05, 3.63) is 29.8 Å². The summed E-state index contributed by atoms with van der Waals surface area (Å²) in [6, 6.07) is 5.86. The highest BCUT2D eigenvalue weighted by atomic mass is 32.2. The zero-order chi connectivity index (χ0) is 16.3. The van der Waals surface area contributed by atoms with Crippen molar-refractivity contribution in [2.24, 2.45) is 5.73 Å². The molecule has 1 fully saturated rings. The second kappa shape index (κ2) is 6.76. The Morgan fingerprint density at radius 1 is 1.41 bits per heavy atom. The molecule has 122 valence electrons. The molecule has 2 N–H and O–H groups in total. The molecule has 22 heavy (non-hydrogen) atoms. The third-order valence-corrected chi connectivity index (χ3v) is 6.00. The molecule has 0 spiro atoms. The summed E-state index contributed by atoms with van der Waals surface area (Å²) >= 11 is 0. The lowest BCUT2D eigenvalue weighted by molar-refractivity contribution is -0.125. The fraction of sp³-hybridized carbons (Fsp3) is 0.533. The molecular weight excluding hydrogens is 304 g/mol. The van der Waals surface area contributed by atoms with Crippen molar-refractivity contribution in [3.8, 4) is 0 Å². The molecule has 7 heteroatoms. The van der Waals surface area contributed by atoms with Gasteiger partial charge in [0.25, 0.3) is 0 Å². The highest BCUT2D eigenvalue weighted by Crippen LogP contribution is 2.24. The van der Waals surface area contributed by atoms with E-state index in [1.807, 2.05) is 12.1 Å². The Bertz CT molecular complexity index is 627. The van der Waals surface area contributed by atoms with Crippen LogP contribution in [0.4, 0.5) is 0 Å². The molecule has 2 atom stereocenters. The van der Waals surface area contributed by atoms with Crippen LogP contribution in [0.5, 0.6) is 0 Å². The Morgan fingerprint density at radius 2 is 2.05 bits per heavy atom. The van der Waals surface area contributed by atoms with Crippen molar-refractivity contribution >= 4 is 15.9 Å². The predicted octanol–water partition coefficient (Wildman–Crippen LogP) is 1.07. The predicted molar refractivity (Wildman–Crippen MR) is 82.8 cm³/mol. The van der Waals surface area contributed by atoms with Crippen LogP contribution in [0.1, 0.15) is 31.7 Å². The number of ether oxygens (including phenoxy) is 1. The molecule has 1 aliphatic rings. The smallest absolute Gasteiger partial charge is 0.243 e. The summed E-state index contributed by atoms with van der Waals surface area (Å²) in [5.74, 6) is -0.321. The van der Waals surface area contributed by atoms with Gasteiger partial charge in [-0.3, -0.25) is 4.79 Å². The van der Waals surface area contributed by atoms with E-state index in [-0.39, 0.29) is 24.7 Å². The maximum atomic E-state index is 12.7. The standard InChI is InChI=1S/C15H22N2O4S/c1-3-11(2)12-4-6-13(7-5-12)22(19,20)17-8-9-21-10-14(17)15(16)18/h4-7,11,14H,3,8-10H2,1-2H3,(H2,16,18)/t11-,14+/m0/s1. The molecule has 1 aromatic carbocycles. The third-order valence-electron chi connectivity index (χ3n) is 4.08. The van der Waals surface area contributed by atoms with Crippen LogP contribution in [0.15, 0.2) is 29.2 Å². The number of nitrogens with two attached hydrogens (primary N) is 1. The van der Waals surface area contributed by atoms with Gasteiger partial charge in [-0.25, -0.2) is 8.42 Å². The van der Waals surface area contributed by atoms with Gasteiger partial charge in [0.15, 0.2) is 0 Å². The largest absolute Gasteiger partial charge is 0.378 e. The molecule has 0 unspecified atom stereocenters. The van der Waals surface area contributed by atoms with Gasteiger partial charge in [-0.05, 0) is 30.0 Å². The molecule has 1 saturated heterocycles. The van der Waals surface area contributed by atoms with E-state index in [1.54, 1.807) is 12.1 Å². The maximum absolute atomic E-state index is 12.7. The van der Waals surface area contributed by atoms with E-state index in [0.29, 0.717) is 5.92 Å². The summed E-state index contributed by atoms with van der Waals surface area (Å²) in [5, 5.41) is 0. The van der Waals surface area contributed by atoms with Crippen LogP contribution in [-0.4, -0.2) is 44.4 Å². The lowest BCUT2D eigenvalue weighted by atomic mass is 9.99. The number of primary amides is 1. The molecule has 1 aliphatic heterocycles. The topological polar surface area (TPSA) is 89.7 Å². The Hall–Kier alpha value is -1.44. The zero-order valence-corrected chi connectivity index (χ0v) is 13.7. The number of hydrogen-bond acceptors (Lipinski definition) is 4. The van der Waals surface area contributed by atoms with Gasteiger partial charge in [-0.1, -0.05) is 26.0 Å². The lowest BCUT2D eigenvalue weighted by Gasteiger charge is -2.32. The van der Waals surface area contributed by atoms with Crippen molar-refractivity contribution < 1.29 is 17.9 Å². The first-order chi connectivity index (χ1) is 10.4. The molecular formula is C15H22N2O4S. The van der Waals surface area contributed by atoms with Crippen LogP contribution >= 0.6 is 0 Å². The van der Waals surface area contributed by atoms with Gasteiger partial charge in [0, 0.05) is 6.54 Å². The Labute approximate surface area is 131 Å². The van der Waals surface area contributed by atoms with E-state index in [4.69, 9.17) is 10.5 Å². The van der Waals surface area contributed by atoms with Crippen LogP contribution in [0.3, 0.4) is 0 Å². The van der Waals surface area contributed by atoms with Crippen LogP contribution in [0.2, 0.25) is 0 Å². The average molecular weight is 326 g/mol. The number of hydrogen-bond donors (Lipinski definition) is 1. The van der Waals surface area contributed by atoms with E-state index < -0.39 is 22.0 Å². The minimum absolute atomic E-state index is 0.000480. The number of benzene rings is 1. The second-order valence-corrected chi connectivity index (χ2v) is 7.38. The van der Waals surface area contributed by atoms with Crippen molar-refractivity contribution in [2.75, 3.05) is 19.8 Å². The Morgan fingerprint density at radius 3 is 2.59 bits per heavy atom. The monoisotopic (exact) mass is 326 g/mol. The molecule has 0 saturated carbocycles. The maximum Gasteiger partial charge on any atom is 0.243 e. The van der Waals surface area contributed by atoms with Gasteiger partial charge in [-0.15, -0.1) is 0 Å². The molecule has 0 aliphatic carbocycles. The van der Waals surface area contributed by atoms with E-state index in [9.17, 15) is 13.2 Å². The van der Waals surface area contributed by atoms with Crippen LogP contribution < -0.4 is 5.73 Å². The number of rotatable bonds is 5. The quantitative estimate of drug-likeness (QED) is 0.876. The Balaban J connectivity index is 2.30. The fourth-order valence-corrected chi connectivity index (χ4v) is 4.01. The van der Waals surface area contributed by atoms with Crippen LogP contribution in [-0.2, 0) is 19.6 Å². The van der Waals surface area contributed by atoms with E-state index in [1.165, 1.54) is 0 Å². The van der Waals surface area contributed by atoms with Gasteiger partial charge < -0.3 is 10.5 Å². The summed E-state index contributed by atoms with van der Waals surface area (Å²) in [6.45, 7) is 4.56. The molecule has 6 nitrogen and oxygen atoms in total. The summed E-state index contributed by atoms with van der Waals surface area (Å²) < 4.78 is 31.7. The lowest BCUT2D eigenvalue weighted by Crippen LogP contribution is -2.54. The molecule has 1 amide bonds. The summed E-state index contributed by atoms with van der Waals surface area (Å²) in [7, 11) is -3.75. The number of carbonyl (C=O) groups is 1. The first-order valence-electron chi connectivity index (χ1n) is 7.36. The van der Waals surface area contributed by atoms with E-state index >= 15 is 0 Å². The minimum atomic E-state index is -3.75. The molecule has 1 heterocycles. The molecule has 1 aromatic rings. The molecule has 0 aromatic heterocycles. The SMILES string of the molecule is CC[C@H](C)c1ccc(S(=O)(=O)N2CCOC[C@@H]2C(N)=O)cc1. The number of carbonyl (C=O) groups excluding carboxylic acids is 1. The molecule has 0 radical (unpaired) electrons. The number of morpholine rings is 1. The van der Waals surface area contributed by atoms with Crippen LogP contribution in [0.25, 0.3) is 0 Å².